The highest BCUT2D eigenvalue weighted by molar-refractivity contribution is 5.96. The Kier molecular flexibility index (Phi) is 5.78. The zero-order valence-electron chi connectivity index (χ0n) is 12.8. The van der Waals surface area contributed by atoms with Gasteiger partial charge >= 0.3 is 5.97 Å². The Bertz CT molecular complexity index is 774. The van der Waals surface area contributed by atoms with Crippen molar-refractivity contribution in [2.75, 3.05) is 5.32 Å². The van der Waals surface area contributed by atoms with E-state index in [0.717, 1.165) is 6.08 Å². The van der Waals surface area contributed by atoms with Crippen molar-refractivity contribution >= 4 is 23.6 Å². The first-order chi connectivity index (χ1) is 11.5. The third-order valence-electron chi connectivity index (χ3n) is 3.05. The predicted octanol–water partition coefficient (Wildman–Crippen LogP) is 3.55. The molecule has 0 fully saturated rings. The fourth-order valence-corrected chi connectivity index (χ4v) is 1.84. The summed E-state index contributed by atoms with van der Waals surface area (Å²) >= 11 is 0. The van der Waals surface area contributed by atoms with Crippen LogP contribution < -0.4 is 5.32 Å². The lowest BCUT2D eigenvalue weighted by atomic mass is 10.2. The van der Waals surface area contributed by atoms with E-state index in [1.165, 1.54) is 49.4 Å². The average Bonchev–Trinajstić information content (AvgIpc) is 2.55. The van der Waals surface area contributed by atoms with E-state index in [0.29, 0.717) is 5.56 Å². The molecule has 24 heavy (non-hydrogen) atoms. The largest absolute Gasteiger partial charge is 0.449 e. The van der Waals surface area contributed by atoms with E-state index < -0.39 is 29.6 Å². The standard InChI is InChI=1S/C18H15F2NO3/c1-12(18(23)21-16-8-3-2-7-15(16)20)24-17(22)10-9-13-5-4-6-14(19)11-13/h2-12H,1H3,(H,21,23)/b10-9+/t12-/m0/s1. The minimum Gasteiger partial charge on any atom is -0.449 e. The SMILES string of the molecule is C[C@H](OC(=O)/C=C/c1cccc(F)c1)C(=O)Nc1ccccc1F. The molecule has 2 aromatic rings. The molecule has 0 spiro atoms. The minimum atomic E-state index is -1.12. The molecule has 0 aromatic heterocycles. The van der Waals surface area contributed by atoms with Crippen molar-refractivity contribution in [3.63, 3.8) is 0 Å². The van der Waals surface area contributed by atoms with E-state index in [2.05, 4.69) is 5.32 Å². The van der Waals surface area contributed by atoms with Gasteiger partial charge in [0.1, 0.15) is 11.6 Å². The monoisotopic (exact) mass is 331 g/mol. The zero-order chi connectivity index (χ0) is 17.5. The van der Waals surface area contributed by atoms with Gasteiger partial charge in [0.15, 0.2) is 6.10 Å². The van der Waals surface area contributed by atoms with Gasteiger partial charge in [0.25, 0.3) is 5.91 Å². The highest BCUT2D eigenvalue weighted by atomic mass is 19.1. The molecule has 0 radical (unpaired) electrons. The maximum atomic E-state index is 13.5. The van der Waals surface area contributed by atoms with Crippen LogP contribution in [-0.2, 0) is 14.3 Å². The molecule has 0 heterocycles. The molecular formula is C18H15F2NO3. The summed E-state index contributed by atoms with van der Waals surface area (Å²) in [5.74, 6) is -2.44. The number of hydrogen-bond donors (Lipinski definition) is 1. The number of nitrogens with one attached hydrogen (secondary N) is 1. The quantitative estimate of drug-likeness (QED) is 0.673. The molecule has 124 valence electrons. The van der Waals surface area contributed by atoms with Gasteiger partial charge in [-0.2, -0.15) is 0 Å². The normalized spacial score (nSPS) is 12.0. The number of esters is 1. The van der Waals surface area contributed by atoms with Crippen LogP contribution in [0.5, 0.6) is 0 Å². The van der Waals surface area contributed by atoms with Gasteiger partial charge in [-0.3, -0.25) is 4.79 Å². The van der Waals surface area contributed by atoms with Gasteiger partial charge in [-0.1, -0.05) is 24.3 Å². The van der Waals surface area contributed by atoms with E-state index in [9.17, 15) is 18.4 Å². The summed E-state index contributed by atoms with van der Waals surface area (Å²) < 4.78 is 31.4. The maximum Gasteiger partial charge on any atom is 0.331 e. The first kappa shape index (κ1) is 17.3. The first-order valence-electron chi connectivity index (χ1n) is 7.15. The van der Waals surface area contributed by atoms with Crippen LogP contribution in [0.4, 0.5) is 14.5 Å². The summed E-state index contributed by atoms with van der Waals surface area (Å²) in [7, 11) is 0. The lowest BCUT2D eigenvalue weighted by molar-refractivity contribution is -0.148. The molecule has 6 heteroatoms. The molecule has 0 aliphatic heterocycles. The highest BCUT2D eigenvalue weighted by Gasteiger charge is 2.17. The molecule has 0 aliphatic carbocycles. The molecule has 0 saturated heterocycles. The smallest absolute Gasteiger partial charge is 0.331 e. The lowest BCUT2D eigenvalue weighted by Gasteiger charge is -2.12. The van der Waals surface area contributed by atoms with E-state index in [-0.39, 0.29) is 5.69 Å². The number of hydrogen-bond acceptors (Lipinski definition) is 3. The first-order valence-corrected chi connectivity index (χ1v) is 7.15. The topological polar surface area (TPSA) is 55.4 Å². The van der Waals surface area contributed by atoms with Crippen LogP contribution in [0.15, 0.2) is 54.6 Å². The number of carbonyl (C=O) groups excluding carboxylic acids is 2. The maximum absolute atomic E-state index is 13.5. The van der Waals surface area contributed by atoms with E-state index in [1.807, 2.05) is 0 Å². The van der Waals surface area contributed by atoms with Gasteiger partial charge < -0.3 is 10.1 Å². The van der Waals surface area contributed by atoms with Crippen LogP contribution in [0.3, 0.4) is 0 Å². The van der Waals surface area contributed by atoms with Crippen molar-refractivity contribution in [1.29, 1.82) is 0 Å². The second-order valence-corrected chi connectivity index (χ2v) is 4.94. The molecule has 2 aromatic carbocycles. The summed E-state index contributed by atoms with van der Waals surface area (Å²) in [5, 5.41) is 2.33. The Morgan fingerprint density at radius 2 is 1.88 bits per heavy atom. The highest BCUT2D eigenvalue weighted by Crippen LogP contribution is 2.13. The second kappa shape index (κ2) is 8.01. The van der Waals surface area contributed by atoms with E-state index >= 15 is 0 Å². The predicted molar refractivity (Wildman–Crippen MR) is 86.0 cm³/mol. The van der Waals surface area contributed by atoms with Crippen LogP contribution in [0.2, 0.25) is 0 Å². The number of carbonyl (C=O) groups is 2. The van der Waals surface area contributed by atoms with Gasteiger partial charge in [0, 0.05) is 6.08 Å². The molecule has 0 unspecified atom stereocenters. The number of amides is 1. The summed E-state index contributed by atoms with van der Waals surface area (Å²) in [6, 6.07) is 11.3. The number of halogens is 2. The summed E-state index contributed by atoms with van der Waals surface area (Å²) in [6.45, 7) is 1.37. The van der Waals surface area contributed by atoms with Crippen molar-refractivity contribution in [1.82, 2.24) is 0 Å². The number of rotatable bonds is 5. The fraction of sp³-hybridized carbons (Fsp3) is 0.111. The molecule has 1 atom stereocenters. The number of benzene rings is 2. The third-order valence-corrected chi connectivity index (χ3v) is 3.05. The van der Waals surface area contributed by atoms with Gasteiger partial charge in [-0.05, 0) is 42.8 Å². The molecule has 1 N–H and O–H groups in total. The van der Waals surface area contributed by atoms with Crippen molar-refractivity contribution in [3.8, 4) is 0 Å². The van der Waals surface area contributed by atoms with Crippen LogP contribution in [0.1, 0.15) is 12.5 Å². The van der Waals surface area contributed by atoms with Gasteiger partial charge in [0.05, 0.1) is 5.69 Å². The van der Waals surface area contributed by atoms with Crippen molar-refractivity contribution in [3.05, 3.63) is 71.8 Å². The Balaban J connectivity index is 1.91. The Hall–Kier alpha value is -3.02. The Morgan fingerprint density at radius 1 is 1.12 bits per heavy atom. The molecule has 2 rings (SSSR count). The lowest BCUT2D eigenvalue weighted by Crippen LogP contribution is -2.29. The molecule has 0 aliphatic rings. The van der Waals surface area contributed by atoms with Crippen LogP contribution in [0, 0.1) is 11.6 Å². The zero-order valence-corrected chi connectivity index (χ0v) is 12.8. The molecular weight excluding hydrogens is 316 g/mol. The summed E-state index contributed by atoms with van der Waals surface area (Å²) in [6.07, 6.45) is 1.34. The molecule has 0 bridgehead atoms. The number of ether oxygens (including phenoxy) is 1. The van der Waals surface area contributed by atoms with Crippen molar-refractivity contribution < 1.29 is 23.1 Å². The molecule has 4 nitrogen and oxygen atoms in total. The van der Waals surface area contributed by atoms with Gasteiger partial charge in [-0.15, -0.1) is 0 Å². The molecule has 0 saturated carbocycles. The third kappa shape index (κ3) is 5.01. The second-order valence-electron chi connectivity index (χ2n) is 4.94. The van der Waals surface area contributed by atoms with Crippen molar-refractivity contribution in [2.24, 2.45) is 0 Å². The molecule has 1 amide bonds. The summed E-state index contributed by atoms with van der Waals surface area (Å²) in [4.78, 5) is 23.6. The van der Waals surface area contributed by atoms with Crippen LogP contribution in [-0.4, -0.2) is 18.0 Å². The van der Waals surface area contributed by atoms with E-state index in [4.69, 9.17) is 4.74 Å². The minimum absolute atomic E-state index is 0.000650. The average molecular weight is 331 g/mol. The van der Waals surface area contributed by atoms with Gasteiger partial charge in [-0.25, -0.2) is 13.6 Å². The van der Waals surface area contributed by atoms with Gasteiger partial charge in [0.2, 0.25) is 0 Å². The van der Waals surface area contributed by atoms with Crippen molar-refractivity contribution in [2.45, 2.75) is 13.0 Å². The summed E-state index contributed by atoms with van der Waals surface area (Å²) in [5.41, 5.74) is 0.483. The number of para-hydroxylation sites is 1. The van der Waals surface area contributed by atoms with E-state index in [1.54, 1.807) is 12.1 Å². The number of anilines is 1. The Morgan fingerprint density at radius 3 is 2.58 bits per heavy atom. The fourth-order valence-electron chi connectivity index (χ4n) is 1.84. The Labute approximate surface area is 137 Å². The van der Waals surface area contributed by atoms with Crippen LogP contribution >= 0.6 is 0 Å². The van der Waals surface area contributed by atoms with Crippen LogP contribution in [0.25, 0.3) is 6.08 Å².